The number of hydrogen-bond acceptors (Lipinski definition) is 2. The number of hydrogen-bond donors (Lipinski definition) is 2. The minimum absolute atomic E-state index is 0.375. The Labute approximate surface area is 94.6 Å². The third kappa shape index (κ3) is 1.34. The van der Waals surface area contributed by atoms with Gasteiger partial charge in [-0.3, -0.25) is 0 Å². The smallest absolute Gasteiger partial charge is 0.118 e. The molecule has 0 saturated carbocycles. The Kier molecular flexibility index (Phi) is 1.90. The van der Waals surface area contributed by atoms with Crippen LogP contribution in [0.4, 0.5) is 11.4 Å². The molecule has 2 heteroatoms. The third-order valence-corrected chi connectivity index (χ3v) is 3.09. The summed E-state index contributed by atoms with van der Waals surface area (Å²) in [4.78, 5) is 0. The predicted octanol–water partition coefficient (Wildman–Crippen LogP) is 3.35. The molecule has 16 heavy (non-hydrogen) atoms. The van der Waals surface area contributed by atoms with E-state index in [1.54, 1.807) is 0 Å². The molecule has 0 spiro atoms. The fourth-order valence-electron chi connectivity index (χ4n) is 2.15. The molecule has 0 saturated heterocycles. The number of aromatic hydroxyl groups is 1. The summed E-state index contributed by atoms with van der Waals surface area (Å²) in [6.07, 6.45) is 0.881. The number of phenolic OH excluding ortho intramolecular Hbond substituents is 1. The van der Waals surface area contributed by atoms with E-state index in [4.69, 9.17) is 0 Å². The van der Waals surface area contributed by atoms with Gasteiger partial charge in [0.1, 0.15) is 5.75 Å². The minimum atomic E-state index is 0.375. The van der Waals surface area contributed by atoms with Gasteiger partial charge in [0.15, 0.2) is 0 Å². The minimum Gasteiger partial charge on any atom is -0.508 e. The van der Waals surface area contributed by atoms with Gasteiger partial charge in [-0.25, -0.2) is 0 Å². The molecule has 0 amide bonds. The highest BCUT2D eigenvalue weighted by molar-refractivity contribution is 5.73. The number of para-hydroxylation sites is 1. The van der Waals surface area contributed by atoms with Gasteiger partial charge in [0.2, 0.25) is 0 Å². The normalized spacial score (nSPS) is 12.6. The Balaban J connectivity index is 2.12. The molecule has 2 N–H and O–H groups in total. The molecule has 0 fully saturated rings. The largest absolute Gasteiger partial charge is 0.508 e. The van der Waals surface area contributed by atoms with Crippen LogP contribution in [0.5, 0.6) is 5.75 Å². The predicted molar refractivity (Wildman–Crippen MR) is 65.4 cm³/mol. The molecular formula is C14H13NO. The average Bonchev–Trinajstić information content (AvgIpc) is 2.28. The highest BCUT2D eigenvalue weighted by Crippen LogP contribution is 2.35. The van der Waals surface area contributed by atoms with E-state index in [1.165, 1.54) is 11.3 Å². The molecule has 2 aromatic carbocycles. The SMILES string of the molecule is Cc1cc2c(cc1O)Cc1ccccc1N2. The second kappa shape index (κ2) is 3.27. The Morgan fingerprint density at radius 3 is 2.75 bits per heavy atom. The summed E-state index contributed by atoms with van der Waals surface area (Å²) in [6.45, 7) is 1.91. The monoisotopic (exact) mass is 211 g/mol. The Morgan fingerprint density at radius 2 is 1.88 bits per heavy atom. The maximum atomic E-state index is 9.70. The maximum absolute atomic E-state index is 9.70. The maximum Gasteiger partial charge on any atom is 0.118 e. The lowest BCUT2D eigenvalue weighted by molar-refractivity contribution is 0.470. The average molecular weight is 211 g/mol. The van der Waals surface area contributed by atoms with Crippen molar-refractivity contribution in [2.75, 3.05) is 5.32 Å². The van der Waals surface area contributed by atoms with Crippen molar-refractivity contribution in [1.29, 1.82) is 0 Å². The summed E-state index contributed by atoms with van der Waals surface area (Å²) in [5, 5.41) is 13.1. The Bertz CT molecular complexity index is 511. The molecule has 3 rings (SSSR count). The van der Waals surface area contributed by atoms with Crippen LogP contribution in [0.1, 0.15) is 16.7 Å². The van der Waals surface area contributed by atoms with Crippen LogP contribution < -0.4 is 5.32 Å². The second-order valence-electron chi connectivity index (χ2n) is 4.25. The molecule has 0 aliphatic carbocycles. The summed E-state index contributed by atoms with van der Waals surface area (Å²) in [6, 6.07) is 12.1. The van der Waals surface area contributed by atoms with Gasteiger partial charge in [0.25, 0.3) is 0 Å². The second-order valence-corrected chi connectivity index (χ2v) is 4.25. The third-order valence-electron chi connectivity index (χ3n) is 3.09. The standard InChI is InChI=1S/C14H13NO/c1-9-6-13-11(8-14(9)16)7-10-4-2-3-5-12(10)15-13/h2-6,8,15-16H,7H2,1H3. The van der Waals surface area contributed by atoms with Gasteiger partial charge in [-0.05, 0) is 41.8 Å². The van der Waals surface area contributed by atoms with E-state index >= 15 is 0 Å². The zero-order valence-corrected chi connectivity index (χ0v) is 9.12. The first-order chi connectivity index (χ1) is 7.74. The van der Waals surface area contributed by atoms with Gasteiger partial charge in [-0.15, -0.1) is 0 Å². The van der Waals surface area contributed by atoms with Crippen molar-refractivity contribution in [3.05, 3.63) is 53.1 Å². The van der Waals surface area contributed by atoms with Crippen molar-refractivity contribution in [2.45, 2.75) is 13.3 Å². The molecule has 0 bridgehead atoms. The van der Waals surface area contributed by atoms with E-state index < -0.39 is 0 Å². The quantitative estimate of drug-likeness (QED) is 0.559. The van der Waals surface area contributed by atoms with Gasteiger partial charge in [0, 0.05) is 17.8 Å². The summed E-state index contributed by atoms with van der Waals surface area (Å²) in [7, 11) is 0. The van der Waals surface area contributed by atoms with E-state index in [9.17, 15) is 5.11 Å². The summed E-state index contributed by atoms with van der Waals surface area (Å²) < 4.78 is 0. The van der Waals surface area contributed by atoms with Crippen molar-refractivity contribution in [3.8, 4) is 5.75 Å². The lowest BCUT2D eigenvalue weighted by Crippen LogP contribution is -2.06. The van der Waals surface area contributed by atoms with Gasteiger partial charge >= 0.3 is 0 Å². The van der Waals surface area contributed by atoms with Crippen molar-refractivity contribution in [2.24, 2.45) is 0 Å². The lowest BCUT2D eigenvalue weighted by Gasteiger charge is -2.22. The molecule has 2 aromatic rings. The number of nitrogens with one attached hydrogen (secondary N) is 1. The first kappa shape index (κ1) is 9.28. The van der Waals surface area contributed by atoms with Gasteiger partial charge in [-0.2, -0.15) is 0 Å². The molecule has 0 radical (unpaired) electrons. The lowest BCUT2D eigenvalue weighted by atomic mass is 9.96. The highest BCUT2D eigenvalue weighted by atomic mass is 16.3. The van der Waals surface area contributed by atoms with Crippen LogP contribution in [0.2, 0.25) is 0 Å². The first-order valence-corrected chi connectivity index (χ1v) is 5.41. The van der Waals surface area contributed by atoms with Crippen LogP contribution >= 0.6 is 0 Å². The molecule has 1 aliphatic rings. The van der Waals surface area contributed by atoms with Crippen molar-refractivity contribution >= 4 is 11.4 Å². The fourth-order valence-corrected chi connectivity index (χ4v) is 2.15. The number of benzene rings is 2. The van der Waals surface area contributed by atoms with Crippen molar-refractivity contribution < 1.29 is 5.11 Å². The molecule has 1 aliphatic heterocycles. The molecule has 0 aromatic heterocycles. The number of phenols is 1. The zero-order chi connectivity index (χ0) is 11.1. The summed E-state index contributed by atoms with van der Waals surface area (Å²) >= 11 is 0. The number of fused-ring (bicyclic) bond motifs is 2. The van der Waals surface area contributed by atoms with Crippen LogP contribution in [0.3, 0.4) is 0 Å². The molecule has 2 nitrogen and oxygen atoms in total. The van der Waals surface area contributed by atoms with E-state index in [-0.39, 0.29) is 0 Å². The van der Waals surface area contributed by atoms with E-state index in [2.05, 4.69) is 17.4 Å². The number of anilines is 2. The fraction of sp³-hybridized carbons (Fsp3) is 0.143. The van der Waals surface area contributed by atoms with E-state index in [0.717, 1.165) is 23.2 Å². The van der Waals surface area contributed by atoms with Crippen LogP contribution in [-0.2, 0) is 6.42 Å². The highest BCUT2D eigenvalue weighted by Gasteiger charge is 2.15. The number of aryl methyl sites for hydroxylation is 1. The Morgan fingerprint density at radius 1 is 1.06 bits per heavy atom. The van der Waals surface area contributed by atoms with Gasteiger partial charge in [0.05, 0.1) is 0 Å². The van der Waals surface area contributed by atoms with Crippen molar-refractivity contribution in [3.63, 3.8) is 0 Å². The molecular weight excluding hydrogens is 198 g/mol. The van der Waals surface area contributed by atoms with Crippen LogP contribution in [0.25, 0.3) is 0 Å². The summed E-state index contributed by atoms with van der Waals surface area (Å²) in [5.74, 6) is 0.375. The van der Waals surface area contributed by atoms with Crippen LogP contribution in [0.15, 0.2) is 36.4 Å². The summed E-state index contributed by atoms with van der Waals surface area (Å²) in [5.41, 5.74) is 5.61. The zero-order valence-electron chi connectivity index (χ0n) is 9.12. The first-order valence-electron chi connectivity index (χ1n) is 5.41. The van der Waals surface area contributed by atoms with E-state index in [0.29, 0.717) is 5.75 Å². The topological polar surface area (TPSA) is 32.3 Å². The molecule has 1 heterocycles. The molecule has 0 unspecified atom stereocenters. The van der Waals surface area contributed by atoms with Gasteiger partial charge in [-0.1, -0.05) is 18.2 Å². The van der Waals surface area contributed by atoms with Crippen LogP contribution in [0, 0.1) is 6.92 Å². The number of rotatable bonds is 0. The van der Waals surface area contributed by atoms with Crippen LogP contribution in [-0.4, -0.2) is 5.11 Å². The van der Waals surface area contributed by atoms with Gasteiger partial charge < -0.3 is 10.4 Å². The van der Waals surface area contributed by atoms with Crippen molar-refractivity contribution in [1.82, 2.24) is 0 Å². The molecule has 80 valence electrons. The molecule has 0 atom stereocenters. The van der Waals surface area contributed by atoms with E-state index in [1.807, 2.05) is 31.2 Å². The Hall–Kier alpha value is -1.96.